The fraction of sp³-hybridized carbons (Fsp3) is 0.417. The number of amides is 1. The van der Waals surface area contributed by atoms with Crippen LogP contribution in [0.15, 0.2) is 42.5 Å². The van der Waals surface area contributed by atoms with Crippen molar-refractivity contribution in [3.63, 3.8) is 0 Å². The van der Waals surface area contributed by atoms with Gasteiger partial charge in [0.15, 0.2) is 5.78 Å². The molecular weight excluding hydrogens is 400 g/mol. The van der Waals surface area contributed by atoms with Gasteiger partial charge in [0.2, 0.25) is 0 Å². The highest BCUT2D eigenvalue weighted by atomic mass is 35.5. The van der Waals surface area contributed by atoms with Crippen molar-refractivity contribution in [2.45, 2.75) is 26.7 Å². The number of piperidine rings is 1. The lowest BCUT2D eigenvalue weighted by Crippen LogP contribution is -2.47. The molecule has 1 amide bonds. The maximum atomic E-state index is 13.2. The largest absolute Gasteiger partial charge is 0.384 e. The summed E-state index contributed by atoms with van der Waals surface area (Å²) < 4.78 is 5.43. The monoisotopic (exact) mass is 430 g/mol. The first-order valence-electron chi connectivity index (χ1n) is 10.1. The quantitative estimate of drug-likeness (QED) is 0.657. The second-order valence-electron chi connectivity index (χ2n) is 8.06. The zero-order valence-corrected chi connectivity index (χ0v) is 18.7. The predicted octanol–water partition coefficient (Wildman–Crippen LogP) is 3.70. The van der Waals surface area contributed by atoms with Crippen molar-refractivity contribution >= 4 is 24.1 Å². The van der Waals surface area contributed by atoms with Gasteiger partial charge < -0.3 is 15.4 Å². The predicted molar refractivity (Wildman–Crippen MR) is 122 cm³/mol. The summed E-state index contributed by atoms with van der Waals surface area (Å²) in [6.07, 6.45) is 1.90. The van der Waals surface area contributed by atoms with E-state index in [1.54, 1.807) is 31.4 Å². The Kier molecular flexibility index (Phi) is 8.59. The molecule has 0 aromatic heterocycles. The number of carbonyl (C=O) groups is 2. The van der Waals surface area contributed by atoms with Crippen LogP contribution >= 0.6 is 12.4 Å². The zero-order chi connectivity index (χ0) is 20.9. The zero-order valence-electron chi connectivity index (χ0n) is 17.9. The highest BCUT2D eigenvalue weighted by Crippen LogP contribution is 2.28. The minimum Gasteiger partial charge on any atom is -0.384 e. The van der Waals surface area contributed by atoms with E-state index in [4.69, 9.17) is 4.74 Å². The maximum Gasteiger partial charge on any atom is 0.252 e. The Balaban J connectivity index is 0.00000320. The van der Waals surface area contributed by atoms with Crippen molar-refractivity contribution in [3.05, 3.63) is 70.3 Å². The molecule has 0 unspecified atom stereocenters. The molecule has 3 rings (SSSR count). The summed E-state index contributed by atoms with van der Waals surface area (Å²) >= 11 is 0. The molecule has 2 aromatic rings. The lowest BCUT2D eigenvalue weighted by molar-refractivity contribution is 0.0511. The summed E-state index contributed by atoms with van der Waals surface area (Å²) in [6, 6.07) is 12.9. The van der Waals surface area contributed by atoms with Gasteiger partial charge in [-0.1, -0.05) is 35.9 Å². The number of carbonyl (C=O) groups excluding carboxylic acids is 2. The lowest BCUT2D eigenvalue weighted by atomic mass is 9.79. The third-order valence-electron chi connectivity index (χ3n) is 5.79. The average Bonchev–Trinajstić information content (AvgIpc) is 2.74. The molecule has 1 fully saturated rings. The molecule has 1 heterocycles. The molecule has 1 aliphatic heterocycles. The number of nitrogens with one attached hydrogen (secondary N) is 2. The van der Waals surface area contributed by atoms with Crippen molar-refractivity contribution in [3.8, 4) is 0 Å². The molecule has 0 radical (unpaired) electrons. The van der Waals surface area contributed by atoms with Crippen molar-refractivity contribution in [2.24, 2.45) is 5.41 Å². The topological polar surface area (TPSA) is 67.4 Å². The van der Waals surface area contributed by atoms with Crippen LogP contribution in [0.3, 0.4) is 0 Å². The van der Waals surface area contributed by atoms with Gasteiger partial charge in [0.05, 0.1) is 12.2 Å². The number of halogens is 1. The van der Waals surface area contributed by atoms with Gasteiger partial charge in [0, 0.05) is 30.2 Å². The molecule has 6 heteroatoms. The highest BCUT2D eigenvalue weighted by Gasteiger charge is 2.33. The molecule has 0 aliphatic carbocycles. The molecule has 0 spiro atoms. The summed E-state index contributed by atoms with van der Waals surface area (Å²) in [7, 11) is 1.70. The van der Waals surface area contributed by atoms with Crippen molar-refractivity contribution in [1.29, 1.82) is 0 Å². The summed E-state index contributed by atoms with van der Waals surface area (Å²) in [5, 5.41) is 6.42. The first-order valence-corrected chi connectivity index (χ1v) is 10.1. The minimum absolute atomic E-state index is 0. The van der Waals surface area contributed by atoms with Crippen LogP contribution in [0.4, 0.5) is 0 Å². The van der Waals surface area contributed by atoms with Crippen LogP contribution in [0.1, 0.15) is 50.2 Å². The van der Waals surface area contributed by atoms with Crippen molar-refractivity contribution in [2.75, 3.05) is 33.4 Å². The molecule has 5 nitrogen and oxygen atoms in total. The van der Waals surface area contributed by atoms with Gasteiger partial charge in [-0.3, -0.25) is 9.59 Å². The Morgan fingerprint density at radius 1 is 1.03 bits per heavy atom. The Hall–Kier alpha value is -2.21. The van der Waals surface area contributed by atoms with Gasteiger partial charge in [0.1, 0.15) is 0 Å². The summed E-state index contributed by atoms with van der Waals surface area (Å²) in [5.41, 5.74) is 3.35. The third-order valence-corrected chi connectivity index (χ3v) is 5.79. The summed E-state index contributed by atoms with van der Waals surface area (Å²) in [5.74, 6) is -0.335. The molecule has 0 saturated carbocycles. The first kappa shape index (κ1) is 24.1. The van der Waals surface area contributed by atoms with Crippen LogP contribution in [0.25, 0.3) is 0 Å². The number of ketones is 1. The van der Waals surface area contributed by atoms with Crippen LogP contribution in [0.2, 0.25) is 0 Å². The molecular formula is C24H31ClN2O3. The van der Waals surface area contributed by atoms with Gasteiger partial charge in [0.25, 0.3) is 5.91 Å². The van der Waals surface area contributed by atoms with Gasteiger partial charge in [-0.2, -0.15) is 0 Å². The molecule has 2 N–H and O–H groups in total. The molecule has 1 saturated heterocycles. The fourth-order valence-corrected chi connectivity index (χ4v) is 4.00. The molecule has 30 heavy (non-hydrogen) atoms. The standard InChI is InChI=1S/C24H30N2O3.ClH/c1-17-8-9-18(2)21(14-17)22(27)19-6-4-5-7-20(19)23(28)26-15-24(16-29-3)10-12-25-13-11-24;/h4-9,14,25H,10-13,15-16H2,1-3H3,(H,26,28);1H. The molecule has 0 atom stereocenters. The molecule has 2 aromatic carbocycles. The fourth-order valence-electron chi connectivity index (χ4n) is 4.00. The van der Waals surface area contributed by atoms with Gasteiger partial charge in [-0.15, -0.1) is 12.4 Å². The van der Waals surface area contributed by atoms with Gasteiger partial charge in [-0.25, -0.2) is 0 Å². The molecule has 0 bridgehead atoms. The average molecular weight is 431 g/mol. The smallest absolute Gasteiger partial charge is 0.252 e. The highest BCUT2D eigenvalue weighted by molar-refractivity contribution is 6.15. The van der Waals surface area contributed by atoms with E-state index in [0.29, 0.717) is 29.8 Å². The maximum absolute atomic E-state index is 13.2. The first-order chi connectivity index (χ1) is 14.0. The second-order valence-corrected chi connectivity index (χ2v) is 8.06. The number of benzene rings is 2. The Labute approximate surface area is 185 Å². The van der Waals surface area contributed by atoms with E-state index in [1.165, 1.54) is 0 Å². The minimum atomic E-state index is -0.215. The number of hydrogen-bond acceptors (Lipinski definition) is 4. The Morgan fingerprint density at radius 2 is 1.70 bits per heavy atom. The van der Waals surface area contributed by atoms with Gasteiger partial charge >= 0.3 is 0 Å². The van der Waals surface area contributed by atoms with Crippen molar-refractivity contribution < 1.29 is 14.3 Å². The van der Waals surface area contributed by atoms with E-state index in [1.807, 2.05) is 32.0 Å². The number of hydrogen-bond donors (Lipinski definition) is 2. The second kappa shape index (κ2) is 10.7. The Bertz CT molecular complexity index is 886. The SMILES string of the molecule is COCC1(CNC(=O)c2ccccc2C(=O)c2cc(C)ccc2C)CCNCC1.Cl. The van der Waals surface area contributed by atoms with Gasteiger partial charge in [-0.05, 0) is 57.5 Å². The van der Waals surface area contributed by atoms with Crippen LogP contribution in [0, 0.1) is 19.3 Å². The van der Waals surface area contributed by atoms with Crippen LogP contribution in [-0.2, 0) is 4.74 Å². The van der Waals surface area contributed by atoms with Crippen molar-refractivity contribution in [1.82, 2.24) is 10.6 Å². The van der Waals surface area contributed by atoms with E-state index >= 15 is 0 Å². The number of aryl methyl sites for hydroxylation is 2. The van der Waals surface area contributed by atoms with E-state index in [9.17, 15) is 9.59 Å². The van der Waals surface area contributed by atoms with Crippen LogP contribution in [0.5, 0.6) is 0 Å². The Morgan fingerprint density at radius 3 is 2.37 bits per heavy atom. The number of rotatable bonds is 7. The van der Waals surface area contributed by atoms with E-state index in [0.717, 1.165) is 37.1 Å². The van der Waals surface area contributed by atoms with Crippen LogP contribution in [-0.4, -0.2) is 45.0 Å². The molecule has 162 valence electrons. The molecule has 1 aliphatic rings. The van der Waals surface area contributed by atoms with E-state index < -0.39 is 0 Å². The normalized spacial score (nSPS) is 15.2. The third kappa shape index (κ3) is 5.48. The number of methoxy groups -OCH3 is 1. The number of ether oxygens (including phenoxy) is 1. The van der Waals surface area contributed by atoms with E-state index in [-0.39, 0.29) is 29.5 Å². The summed E-state index contributed by atoms with van der Waals surface area (Å²) in [6.45, 7) is 6.86. The lowest BCUT2D eigenvalue weighted by Gasteiger charge is -2.37. The van der Waals surface area contributed by atoms with E-state index in [2.05, 4.69) is 10.6 Å². The van der Waals surface area contributed by atoms with Crippen LogP contribution < -0.4 is 10.6 Å². The summed E-state index contributed by atoms with van der Waals surface area (Å²) in [4.78, 5) is 26.2.